The Morgan fingerprint density at radius 1 is 1.61 bits per heavy atom. The lowest BCUT2D eigenvalue weighted by atomic mass is 10.2. The van der Waals surface area contributed by atoms with Gasteiger partial charge in [0.2, 0.25) is 0 Å². The van der Waals surface area contributed by atoms with E-state index in [1.54, 1.807) is 12.4 Å². The van der Waals surface area contributed by atoms with Crippen LogP contribution < -0.4 is 10.6 Å². The van der Waals surface area contributed by atoms with Gasteiger partial charge in [0.05, 0.1) is 11.9 Å². The van der Waals surface area contributed by atoms with E-state index in [-0.39, 0.29) is 0 Å². The Morgan fingerprint density at radius 2 is 2.50 bits per heavy atom. The Bertz CT molecular complexity index is 382. The number of aromatic nitrogens is 1. The van der Waals surface area contributed by atoms with Crippen molar-refractivity contribution in [3.8, 4) is 0 Å². The molecule has 1 fully saturated rings. The fraction of sp³-hybridized carbons (Fsp3) is 0.538. The van der Waals surface area contributed by atoms with Crippen LogP contribution in [0.15, 0.2) is 24.5 Å². The minimum Gasteiger partial charge on any atom is -0.361 e. The van der Waals surface area contributed by atoms with E-state index < -0.39 is 0 Å². The molecule has 0 spiro atoms. The SMILES string of the molecule is CCN1CCCC1CNC(=S)Nc1cccnc1. The normalized spacial score (nSPS) is 19.7. The van der Waals surface area contributed by atoms with Crippen molar-refractivity contribution in [2.24, 2.45) is 0 Å². The Balaban J connectivity index is 1.75. The van der Waals surface area contributed by atoms with Gasteiger partial charge in [-0.25, -0.2) is 0 Å². The highest BCUT2D eigenvalue weighted by Crippen LogP contribution is 2.15. The molecule has 1 aliphatic rings. The summed E-state index contributed by atoms with van der Waals surface area (Å²) >= 11 is 5.28. The largest absolute Gasteiger partial charge is 0.361 e. The molecule has 98 valence electrons. The molecule has 1 aliphatic heterocycles. The third-order valence-electron chi connectivity index (χ3n) is 3.32. The highest BCUT2D eigenvalue weighted by Gasteiger charge is 2.22. The van der Waals surface area contributed by atoms with Gasteiger partial charge in [0.25, 0.3) is 0 Å². The van der Waals surface area contributed by atoms with Crippen LogP contribution in [0.25, 0.3) is 0 Å². The van der Waals surface area contributed by atoms with E-state index in [4.69, 9.17) is 12.2 Å². The Labute approximate surface area is 114 Å². The summed E-state index contributed by atoms with van der Waals surface area (Å²) in [5.41, 5.74) is 0.925. The van der Waals surface area contributed by atoms with Crippen molar-refractivity contribution in [1.29, 1.82) is 0 Å². The smallest absolute Gasteiger partial charge is 0.170 e. The van der Waals surface area contributed by atoms with Gasteiger partial charge in [0.15, 0.2) is 5.11 Å². The maximum atomic E-state index is 5.28. The topological polar surface area (TPSA) is 40.2 Å². The number of hydrogen-bond donors (Lipinski definition) is 2. The van der Waals surface area contributed by atoms with E-state index in [1.165, 1.54) is 19.4 Å². The molecule has 1 unspecified atom stereocenters. The zero-order valence-electron chi connectivity index (χ0n) is 10.7. The minimum atomic E-state index is 0.614. The van der Waals surface area contributed by atoms with Gasteiger partial charge >= 0.3 is 0 Å². The lowest BCUT2D eigenvalue weighted by Gasteiger charge is -2.23. The number of hydrogen-bond acceptors (Lipinski definition) is 3. The maximum absolute atomic E-state index is 5.28. The first kappa shape index (κ1) is 13.2. The summed E-state index contributed by atoms with van der Waals surface area (Å²) in [5, 5.41) is 7.10. The zero-order valence-corrected chi connectivity index (χ0v) is 11.5. The molecular weight excluding hydrogens is 244 g/mol. The molecule has 1 aromatic rings. The third-order valence-corrected chi connectivity index (χ3v) is 3.57. The molecule has 1 aromatic heterocycles. The molecule has 0 amide bonds. The van der Waals surface area contributed by atoms with Crippen molar-refractivity contribution in [3.63, 3.8) is 0 Å². The van der Waals surface area contributed by atoms with Crippen molar-refractivity contribution >= 4 is 23.0 Å². The van der Waals surface area contributed by atoms with Gasteiger partial charge in [0, 0.05) is 18.8 Å². The summed E-state index contributed by atoms with van der Waals surface area (Å²) < 4.78 is 0. The lowest BCUT2D eigenvalue weighted by Crippen LogP contribution is -2.41. The van der Waals surface area contributed by atoms with Crippen molar-refractivity contribution in [1.82, 2.24) is 15.2 Å². The molecule has 1 atom stereocenters. The summed E-state index contributed by atoms with van der Waals surface area (Å²) in [5.74, 6) is 0. The van der Waals surface area contributed by atoms with Gasteiger partial charge in [0.1, 0.15) is 0 Å². The van der Waals surface area contributed by atoms with Crippen LogP contribution in [0, 0.1) is 0 Å². The minimum absolute atomic E-state index is 0.614. The molecule has 2 N–H and O–H groups in total. The van der Waals surface area contributed by atoms with Gasteiger partial charge in [-0.05, 0) is 50.3 Å². The van der Waals surface area contributed by atoms with Crippen LogP contribution in [-0.4, -0.2) is 40.7 Å². The van der Waals surface area contributed by atoms with Gasteiger partial charge < -0.3 is 10.6 Å². The first-order chi connectivity index (χ1) is 8.79. The van der Waals surface area contributed by atoms with Gasteiger partial charge in [-0.2, -0.15) is 0 Å². The van der Waals surface area contributed by atoms with E-state index in [9.17, 15) is 0 Å². The molecule has 2 rings (SSSR count). The first-order valence-corrected chi connectivity index (χ1v) is 6.89. The van der Waals surface area contributed by atoms with Crippen molar-refractivity contribution in [3.05, 3.63) is 24.5 Å². The zero-order chi connectivity index (χ0) is 12.8. The van der Waals surface area contributed by atoms with Gasteiger partial charge in [-0.3, -0.25) is 9.88 Å². The van der Waals surface area contributed by atoms with Gasteiger partial charge in [-0.15, -0.1) is 0 Å². The van der Waals surface area contributed by atoms with E-state index in [0.717, 1.165) is 18.8 Å². The van der Waals surface area contributed by atoms with Gasteiger partial charge in [-0.1, -0.05) is 6.92 Å². The molecule has 0 saturated carbocycles. The molecule has 0 bridgehead atoms. The predicted octanol–water partition coefficient (Wildman–Crippen LogP) is 1.85. The van der Waals surface area contributed by atoms with Crippen molar-refractivity contribution < 1.29 is 0 Å². The van der Waals surface area contributed by atoms with E-state index in [0.29, 0.717) is 11.2 Å². The van der Waals surface area contributed by atoms with Crippen molar-refractivity contribution in [2.75, 3.05) is 25.0 Å². The first-order valence-electron chi connectivity index (χ1n) is 6.48. The standard InChI is InChI=1S/C13H20N4S/c1-2-17-8-4-6-12(17)10-15-13(18)16-11-5-3-7-14-9-11/h3,5,7,9,12H,2,4,6,8,10H2,1H3,(H2,15,16,18). The molecule has 18 heavy (non-hydrogen) atoms. The summed E-state index contributed by atoms with van der Waals surface area (Å²) in [6, 6.07) is 4.46. The predicted molar refractivity (Wildman–Crippen MR) is 78.7 cm³/mol. The van der Waals surface area contributed by atoms with Crippen LogP contribution in [0.1, 0.15) is 19.8 Å². The molecule has 4 nitrogen and oxygen atoms in total. The molecule has 2 heterocycles. The average Bonchev–Trinajstić information content (AvgIpc) is 2.85. The van der Waals surface area contributed by atoms with E-state index in [1.807, 2.05) is 12.1 Å². The monoisotopic (exact) mass is 264 g/mol. The summed E-state index contributed by atoms with van der Waals surface area (Å²) in [7, 11) is 0. The quantitative estimate of drug-likeness (QED) is 0.812. The molecule has 0 radical (unpaired) electrons. The number of likely N-dealkylation sites (N-methyl/N-ethyl adjacent to an activating group) is 1. The number of nitrogens with one attached hydrogen (secondary N) is 2. The second-order valence-corrected chi connectivity index (χ2v) is 4.91. The Hall–Kier alpha value is -1.20. The Kier molecular flexibility index (Phi) is 4.90. The molecule has 5 heteroatoms. The number of thiocarbonyl (C=S) groups is 1. The fourth-order valence-electron chi connectivity index (χ4n) is 2.37. The Morgan fingerprint density at radius 3 is 3.22 bits per heavy atom. The summed E-state index contributed by atoms with van der Waals surface area (Å²) in [6.07, 6.45) is 6.07. The van der Waals surface area contributed by atoms with E-state index >= 15 is 0 Å². The number of pyridine rings is 1. The second kappa shape index (κ2) is 6.66. The highest BCUT2D eigenvalue weighted by atomic mass is 32.1. The molecule has 0 aliphatic carbocycles. The fourth-order valence-corrected chi connectivity index (χ4v) is 2.57. The lowest BCUT2D eigenvalue weighted by molar-refractivity contribution is 0.267. The summed E-state index contributed by atoms with van der Waals surface area (Å²) in [6.45, 7) is 5.46. The van der Waals surface area contributed by atoms with E-state index in [2.05, 4.69) is 27.4 Å². The molecule has 1 saturated heterocycles. The highest BCUT2D eigenvalue weighted by molar-refractivity contribution is 7.80. The van der Waals surface area contributed by atoms with Crippen LogP contribution in [0.4, 0.5) is 5.69 Å². The molecular formula is C13H20N4S. The number of likely N-dealkylation sites (tertiary alicyclic amines) is 1. The van der Waals surface area contributed by atoms with Crippen LogP contribution in [0.2, 0.25) is 0 Å². The molecule has 0 aromatic carbocycles. The van der Waals surface area contributed by atoms with Crippen LogP contribution >= 0.6 is 12.2 Å². The number of nitrogens with zero attached hydrogens (tertiary/aromatic N) is 2. The maximum Gasteiger partial charge on any atom is 0.170 e. The third kappa shape index (κ3) is 3.65. The second-order valence-electron chi connectivity index (χ2n) is 4.50. The average molecular weight is 264 g/mol. The number of anilines is 1. The van der Waals surface area contributed by atoms with Crippen molar-refractivity contribution in [2.45, 2.75) is 25.8 Å². The van der Waals surface area contributed by atoms with Crippen LogP contribution in [0.5, 0.6) is 0 Å². The van der Waals surface area contributed by atoms with Crippen LogP contribution in [0.3, 0.4) is 0 Å². The summed E-state index contributed by atoms with van der Waals surface area (Å²) in [4.78, 5) is 6.54. The number of rotatable bonds is 4. The van der Waals surface area contributed by atoms with Crippen LogP contribution in [-0.2, 0) is 0 Å².